The molecule has 0 spiro atoms. The molecule has 0 aromatic rings. The van der Waals surface area contributed by atoms with Crippen LogP contribution in [0.15, 0.2) is 12.2 Å². The van der Waals surface area contributed by atoms with E-state index in [2.05, 4.69) is 48.1 Å². The Morgan fingerprint density at radius 3 is 1.95 bits per heavy atom. The molecule has 5 saturated carbocycles. The summed E-state index contributed by atoms with van der Waals surface area (Å²) in [5, 5.41) is 84.1. The topological polar surface area (TPSA) is 216 Å². The van der Waals surface area contributed by atoms with Crippen LogP contribution in [0.25, 0.3) is 0 Å². The van der Waals surface area contributed by atoms with Crippen molar-refractivity contribution in [2.24, 2.45) is 56.7 Å². The Bertz CT molecular complexity index is 1460. The van der Waals surface area contributed by atoms with Gasteiger partial charge in [-0.1, -0.05) is 46.8 Å². The first-order valence-electron chi connectivity index (χ1n) is 20.9. The number of carboxylic acid groups (broad SMARTS) is 1. The van der Waals surface area contributed by atoms with E-state index in [0.29, 0.717) is 18.3 Å². The first kappa shape index (κ1) is 41.9. The molecular formula is C42H68O13. The number of allylic oxidation sites excluding steroid dienone is 1. The highest BCUT2D eigenvalue weighted by Crippen LogP contribution is 2.77. The molecule has 7 fully saturated rings. The maximum absolute atomic E-state index is 13.1. The third kappa shape index (κ3) is 6.06. The van der Waals surface area contributed by atoms with Crippen LogP contribution in [-0.4, -0.2) is 128 Å². The number of carbonyl (C=O) groups is 1. The molecule has 0 aromatic carbocycles. The van der Waals surface area contributed by atoms with Crippen LogP contribution in [-0.2, 0) is 23.7 Å². The molecule has 7 rings (SSSR count). The quantitative estimate of drug-likeness (QED) is 0.132. The molecule has 0 aromatic heterocycles. The third-order valence-corrected chi connectivity index (χ3v) is 17.7. The van der Waals surface area contributed by atoms with Gasteiger partial charge in [-0.2, -0.15) is 0 Å². The summed E-state index contributed by atoms with van der Waals surface area (Å²) in [6.45, 7) is 17.1. The first-order valence-corrected chi connectivity index (χ1v) is 20.9. The average Bonchev–Trinajstić information content (AvgIpc) is 3.54. The van der Waals surface area contributed by atoms with E-state index in [1.807, 2.05) is 0 Å². The van der Waals surface area contributed by atoms with E-state index in [-0.39, 0.29) is 45.5 Å². The number of hydrogen-bond donors (Lipinski definition) is 8. The molecule has 0 bridgehead atoms. The second kappa shape index (κ2) is 14.5. The van der Waals surface area contributed by atoms with Crippen molar-refractivity contribution in [3.8, 4) is 0 Å². The zero-order chi connectivity index (χ0) is 40.2. The van der Waals surface area contributed by atoms with Gasteiger partial charge in [0.2, 0.25) is 0 Å². The lowest BCUT2D eigenvalue weighted by molar-refractivity contribution is -0.378. The van der Waals surface area contributed by atoms with Gasteiger partial charge in [0.25, 0.3) is 0 Å². The van der Waals surface area contributed by atoms with Crippen LogP contribution in [0.3, 0.4) is 0 Å². The fourth-order valence-electron chi connectivity index (χ4n) is 14.5. The van der Waals surface area contributed by atoms with Crippen molar-refractivity contribution in [2.45, 2.75) is 173 Å². The summed E-state index contributed by atoms with van der Waals surface area (Å²) in [5.41, 5.74) is 0.0431. The predicted octanol–water partition coefficient (Wildman–Crippen LogP) is 2.74. The third-order valence-electron chi connectivity index (χ3n) is 17.7. The van der Waals surface area contributed by atoms with Crippen LogP contribution >= 0.6 is 0 Å². The van der Waals surface area contributed by atoms with E-state index >= 15 is 0 Å². The van der Waals surface area contributed by atoms with Crippen molar-refractivity contribution in [1.29, 1.82) is 0 Å². The second-order valence-corrected chi connectivity index (χ2v) is 20.1. The minimum Gasteiger partial charge on any atom is -0.481 e. The second-order valence-electron chi connectivity index (χ2n) is 20.1. The van der Waals surface area contributed by atoms with E-state index in [1.165, 1.54) is 0 Å². The molecule has 5 aliphatic carbocycles. The number of aliphatic hydroxyl groups is 7. The summed E-state index contributed by atoms with van der Waals surface area (Å²) in [6.07, 6.45) is -6.53. The minimum atomic E-state index is -1.75. The maximum Gasteiger partial charge on any atom is 0.309 e. The van der Waals surface area contributed by atoms with Crippen molar-refractivity contribution >= 4 is 5.97 Å². The zero-order valence-electron chi connectivity index (χ0n) is 33.5. The Morgan fingerprint density at radius 2 is 1.33 bits per heavy atom. The maximum atomic E-state index is 13.1. The summed E-state index contributed by atoms with van der Waals surface area (Å²) in [7, 11) is 0. The fraction of sp³-hybridized carbons (Fsp3) is 0.929. The van der Waals surface area contributed by atoms with E-state index in [4.69, 9.17) is 18.9 Å². The number of rotatable bonds is 8. The Morgan fingerprint density at radius 1 is 0.691 bits per heavy atom. The Kier molecular flexibility index (Phi) is 11.0. The molecule has 2 aliphatic heterocycles. The molecule has 0 unspecified atom stereocenters. The molecule has 0 amide bonds. The van der Waals surface area contributed by atoms with Gasteiger partial charge in [0, 0.05) is 0 Å². The molecule has 13 nitrogen and oxygen atoms in total. The normalized spacial score (nSPS) is 54.7. The van der Waals surface area contributed by atoms with Crippen LogP contribution in [0.4, 0.5) is 0 Å². The van der Waals surface area contributed by atoms with Gasteiger partial charge in [-0.3, -0.25) is 4.79 Å². The lowest BCUT2D eigenvalue weighted by atomic mass is 9.32. The van der Waals surface area contributed by atoms with Crippen molar-refractivity contribution in [3.05, 3.63) is 12.2 Å². The van der Waals surface area contributed by atoms with Crippen molar-refractivity contribution in [3.63, 3.8) is 0 Å². The van der Waals surface area contributed by atoms with Gasteiger partial charge in [-0.25, -0.2) is 0 Å². The molecule has 2 heterocycles. The average molecular weight is 781 g/mol. The van der Waals surface area contributed by atoms with Crippen molar-refractivity contribution in [1.82, 2.24) is 0 Å². The minimum absolute atomic E-state index is 0.00969. The summed E-state index contributed by atoms with van der Waals surface area (Å²) in [5.74, 6) is 0.717. The van der Waals surface area contributed by atoms with Gasteiger partial charge in [-0.05, 0) is 122 Å². The van der Waals surface area contributed by atoms with Gasteiger partial charge in [0.15, 0.2) is 12.6 Å². The highest BCUT2D eigenvalue weighted by atomic mass is 16.8. The van der Waals surface area contributed by atoms with E-state index in [1.54, 1.807) is 0 Å². The van der Waals surface area contributed by atoms with Crippen molar-refractivity contribution < 1.29 is 64.6 Å². The molecule has 7 aliphatic rings. The van der Waals surface area contributed by atoms with Crippen LogP contribution in [0.2, 0.25) is 0 Å². The number of hydrogen-bond acceptors (Lipinski definition) is 12. The summed E-state index contributed by atoms with van der Waals surface area (Å²) < 4.78 is 24.4. The lowest BCUT2D eigenvalue weighted by Gasteiger charge is -2.73. The van der Waals surface area contributed by atoms with Crippen LogP contribution in [0, 0.1) is 56.7 Å². The highest BCUT2D eigenvalue weighted by Gasteiger charge is 2.72. The number of aliphatic carboxylic acids is 1. The molecule has 2 saturated heterocycles. The standard InChI is InChI=1S/C42H68O13/c1-20(2)21-10-15-42(37(50)51)17-16-40(6)22(28(21)42)8-9-26-39(5)13-12-27(38(3,4)25(39)11-14-41(26,40)7)54-36-34(32(48)30(46)24(19-44)53-36)55-35-33(49)31(47)29(45)23(18-43)52-35/h21-36,43-49H,1,8-19H2,2-7H3,(H,50,51)/t21-,22+,23+,24+,25-,26+,27-,28+,29+,30+,31-,32-,33+,34+,35-,36-,39-,40+,41+,42-/m0/s1. The van der Waals surface area contributed by atoms with Gasteiger partial charge in [0.05, 0.1) is 24.7 Å². The molecule has 20 atom stereocenters. The van der Waals surface area contributed by atoms with Crippen molar-refractivity contribution in [2.75, 3.05) is 13.2 Å². The van der Waals surface area contributed by atoms with Crippen LogP contribution < -0.4 is 0 Å². The molecule has 314 valence electrons. The molecule has 0 radical (unpaired) electrons. The Labute approximate surface area is 325 Å². The van der Waals surface area contributed by atoms with Crippen LogP contribution in [0.5, 0.6) is 0 Å². The summed E-state index contributed by atoms with van der Waals surface area (Å²) in [6, 6.07) is 0. The molecular weight excluding hydrogens is 712 g/mol. The van der Waals surface area contributed by atoms with E-state index < -0.39 is 86.0 Å². The Hall–Kier alpha value is -1.23. The fourth-order valence-corrected chi connectivity index (χ4v) is 14.5. The zero-order valence-corrected chi connectivity index (χ0v) is 33.5. The Balaban J connectivity index is 1.13. The predicted molar refractivity (Wildman–Crippen MR) is 198 cm³/mol. The highest BCUT2D eigenvalue weighted by molar-refractivity contribution is 5.76. The van der Waals surface area contributed by atoms with E-state index in [9.17, 15) is 45.6 Å². The number of fused-ring (bicyclic) bond motifs is 7. The van der Waals surface area contributed by atoms with Gasteiger partial charge < -0.3 is 59.8 Å². The summed E-state index contributed by atoms with van der Waals surface area (Å²) >= 11 is 0. The molecule has 55 heavy (non-hydrogen) atoms. The lowest BCUT2D eigenvalue weighted by Crippen LogP contribution is -2.68. The largest absolute Gasteiger partial charge is 0.481 e. The number of aliphatic hydroxyl groups excluding tert-OH is 7. The first-order chi connectivity index (χ1) is 25.7. The van der Waals surface area contributed by atoms with Gasteiger partial charge in [0.1, 0.15) is 48.8 Å². The molecule has 13 heteroatoms. The van der Waals surface area contributed by atoms with Gasteiger partial charge >= 0.3 is 5.97 Å². The number of ether oxygens (including phenoxy) is 4. The monoisotopic (exact) mass is 780 g/mol. The SMILES string of the molecule is C=C(C)[C@@H]1CC[C@]2(C(=O)O)CC[C@]3(C)[C@H](CC[C@@H]4[C@@]5(C)CC[C@H](O[C@@H]6O[C@H](CO)[C@@H](O)[C@H](O)[C@H]6O[C@@H]6O[C@H](CO)[C@@H](O)[C@H](O)[C@H]6O)C(C)(C)[C@@H]5CC[C@]43C)[C@@H]12. The van der Waals surface area contributed by atoms with Crippen LogP contribution in [0.1, 0.15) is 106 Å². The van der Waals surface area contributed by atoms with Gasteiger partial charge in [-0.15, -0.1) is 0 Å². The summed E-state index contributed by atoms with van der Waals surface area (Å²) in [4.78, 5) is 13.1. The number of carboxylic acids is 1. The molecule has 8 N–H and O–H groups in total. The smallest absolute Gasteiger partial charge is 0.309 e. The van der Waals surface area contributed by atoms with E-state index in [0.717, 1.165) is 63.4 Å².